The minimum atomic E-state index is -3.07. The highest BCUT2D eigenvalue weighted by molar-refractivity contribution is 7.91. The van der Waals surface area contributed by atoms with E-state index in [1.54, 1.807) is 4.90 Å². The zero-order valence-corrected chi connectivity index (χ0v) is 19.3. The fourth-order valence-corrected chi connectivity index (χ4v) is 5.14. The van der Waals surface area contributed by atoms with E-state index in [0.717, 1.165) is 16.9 Å². The summed E-state index contributed by atoms with van der Waals surface area (Å²) in [5.74, 6) is 0.908. The lowest BCUT2D eigenvalue weighted by Gasteiger charge is -2.30. The molecule has 2 amide bonds. The van der Waals surface area contributed by atoms with E-state index < -0.39 is 9.84 Å². The maximum atomic E-state index is 12.8. The summed E-state index contributed by atoms with van der Waals surface area (Å²) < 4.78 is 29.6. The van der Waals surface area contributed by atoms with Crippen LogP contribution in [0.1, 0.15) is 38.3 Å². The SMILES string of the molecule is Cc1ccc(OCNC(=O)N(CCN(C)C)C2CCS(=O)(=O)C2)c(C(C)(C)C)c1. The van der Waals surface area contributed by atoms with Crippen LogP contribution in [0.2, 0.25) is 0 Å². The molecule has 29 heavy (non-hydrogen) atoms. The second-order valence-corrected chi connectivity index (χ2v) is 11.3. The first-order chi connectivity index (χ1) is 13.4. The number of nitrogens with one attached hydrogen (secondary N) is 1. The number of ether oxygens (including phenoxy) is 1. The van der Waals surface area contributed by atoms with Crippen LogP contribution in [0.4, 0.5) is 4.79 Å². The van der Waals surface area contributed by atoms with Gasteiger partial charge in [0, 0.05) is 19.1 Å². The second-order valence-electron chi connectivity index (χ2n) is 9.07. The lowest BCUT2D eigenvalue weighted by molar-refractivity contribution is 0.162. The Morgan fingerprint density at radius 1 is 1.24 bits per heavy atom. The van der Waals surface area contributed by atoms with E-state index in [9.17, 15) is 13.2 Å². The van der Waals surface area contributed by atoms with Crippen LogP contribution in [0.5, 0.6) is 5.75 Å². The van der Waals surface area contributed by atoms with Crippen LogP contribution in [-0.4, -0.2) is 75.7 Å². The molecule has 1 heterocycles. The number of hydrogen-bond donors (Lipinski definition) is 1. The van der Waals surface area contributed by atoms with Crippen molar-refractivity contribution in [1.82, 2.24) is 15.1 Å². The molecule has 1 N–H and O–H groups in total. The zero-order valence-electron chi connectivity index (χ0n) is 18.5. The zero-order chi connectivity index (χ0) is 21.8. The highest BCUT2D eigenvalue weighted by Crippen LogP contribution is 2.32. The van der Waals surface area contributed by atoms with Crippen molar-refractivity contribution in [3.05, 3.63) is 29.3 Å². The van der Waals surface area contributed by atoms with E-state index in [1.807, 2.05) is 38.1 Å². The Hall–Kier alpha value is -1.80. The van der Waals surface area contributed by atoms with Gasteiger partial charge in [-0.2, -0.15) is 0 Å². The predicted molar refractivity (Wildman–Crippen MR) is 116 cm³/mol. The first kappa shape index (κ1) is 23.5. The highest BCUT2D eigenvalue weighted by Gasteiger charge is 2.34. The molecule has 2 rings (SSSR count). The smallest absolute Gasteiger partial charge is 0.320 e. The summed E-state index contributed by atoms with van der Waals surface area (Å²) in [6, 6.07) is 5.43. The molecule has 0 aliphatic carbocycles. The largest absolute Gasteiger partial charge is 0.473 e. The number of likely N-dealkylation sites (N-methyl/N-ethyl adjacent to an activating group) is 1. The standard InChI is InChI=1S/C21H35N3O4S/c1-16-7-8-19(18(13-16)21(2,3)4)28-15-22-20(25)24(11-10-23(5)6)17-9-12-29(26,27)14-17/h7-8,13,17H,9-12,14-15H2,1-6H3,(H,22,25). The van der Waals surface area contributed by atoms with E-state index in [-0.39, 0.29) is 35.7 Å². The summed E-state index contributed by atoms with van der Waals surface area (Å²) in [6.45, 7) is 9.57. The van der Waals surface area contributed by atoms with Gasteiger partial charge in [-0.25, -0.2) is 13.2 Å². The van der Waals surface area contributed by atoms with Gasteiger partial charge in [-0.05, 0) is 44.5 Å². The van der Waals surface area contributed by atoms with Crippen molar-refractivity contribution in [3.63, 3.8) is 0 Å². The molecule has 1 atom stereocenters. The number of aryl methyl sites for hydroxylation is 1. The summed E-state index contributed by atoms with van der Waals surface area (Å²) in [7, 11) is 0.785. The number of rotatable bonds is 7. The summed E-state index contributed by atoms with van der Waals surface area (Å²) in [5, 5.41) is 2.80. The van der Waals surface area contributed by atoms with Gasteiger partial charge >= 0.3 is 6.03 Å². The topological polar surface area (TPSA) is 79.0 Å². The van der Waals surface area contributed by atoms with Crippen molar-refractivity contribution in [3.8, 4) is 5.75 Å². The van der Waals surface area contributed by atoms with Crippen molar-refractivity contribution in [2.24, 2.45) is 0 Å². The lowest BCUT2D eigenvalue weighted by atomic mass is 9.85. The molecule has 1 aliphatic rings. The van der Waals surface area contributed by atoms with Gasteiger partial charge in [0.2, 0.25) is 0 Å². The van der Waals surface area contributed by atoms with Crippen molar-refractivity contribution < 1.29 is 17.9 Å². The predicted octanol–water partition coefficient (Wildman–Crippen LogP) is 2.39. The number of carbonyl (C=O) groups excluding carboxylic acids is 1. The van der Waals surface area contributed by atoms with E-state index >= 15 is 0 Å². The summed E-state index contributed by atoms with van der Waals surface area (Å²) in [5.41, 5.74) is 2.16. The van der Waals surface area contributed by atoms with Gasteiger partial charge in [0.1, 0.15) is 5.75 Å². The number of urea groups is 1. The lowest BCUT2D eigenvalue weighted by Crippen LogP contribution is -2.49. The highest BCUT2D eigenvalue weighted by atomic mass is 32.2. The first-order valence-electron chi connectivity index (χ1n) is 10.0. The fraction of sp³-hybridized carbons (Fsp3) is 0.667. The quantitative estimate of drug-likeness (QED) is 0.679. The molecule has 0 saturated carbocycles. The monoisotopic (exact) mass is 425 g/mol. The normalized spacial score (nSPS) is 18.7. The molecule has 1 fully saturated rings. The molecule has 0 bridgehead atoms. The van der Waals surface area contributed by atoms with Crippen LogP contribution in [0, 0.1) is 6.92 Å². The number of amides is 2. The van der Waals surface area contributed by atoms with E-state index in [1.165, 1.54) is 0 Å². The Balaban J connectivity index is 2.03. The molecule has 1 unspecified atom stereocenters. The van der Waals surface area contributed by atoms with Gasteiger partial charge in [0.05, 0.1) is 11.5 Å². The van der Waals surface area contributed by atoms with Crippen LogP contribution in [0.25, 0.3) is 0 Å². The van der Waals surface area contributed by atoms with Crippen molar-refractivity contribution in [1.29, 1.82) is 0 Å². The molecule has 1 aliphatic heterocycles. The van der Waals surface area contributed by atoms with Crippen molar-refractivity contribution in [2.45, 2.75) is 45.6 Å². The Morgan fingerprint density at radius 3 is 2.48 bits per heavy atom. The number of benzene rings is 1. The third-order valence-electron chi connectivity index (χ3n) is 5.09. The number of nitrogens with zero attached hydrogens (tertiary/aromatic N) is 2. The maximum Gasteiger partial charge on any atom is 0.320 e. The summed E-state index contributed by atoms with van der Waals surface area (Å²) in [6.07, 6.45) is 0.482. The minimum absolute atomic E-state index is 0.0286. The van der Waals surface area contributed by atoms with Crippen LogP contribution in [0.3, 0.4) is 0 Å². The Labute approximate surface area is 175 Å². The number of hydrogen-bond acceptors (Lipinski definition) is 5. The fourth-order valence-electron chi connectivity index (χ4n) is 3.41. The van der Waals surface area contributed by atoms with Gasteiger partial charge in [-0.1, -0.05) is 38.5 Å². The van der Waals surface area contributed by atoms with Crippen molar-refractivity contribution in [2.75, 3.05) is 45.4 Å². The summed E-state index contributed by atoms with van der Waals surface area (Å²) >= 11 is 0. The average Bonchev–Trinajstić information content (AvgIpc) is 2.95. The molecule has 1 aromatic rings. The number of sulfone groups is 1. The molecule has 0 spiro atoms. The van der Waals surface area contributed by atoms with Crippen LogP contribution in [0.15, 0.2) is 18.2 Å². The molecule has 1 saturated heterocycles. The minimum Gasteiger partial charge on any atom is -0.473 e. The van der Waals surface area contributed by atoms with E-state index in [2.05, 4.69) is 32.2 Å². The molecular weight excluding hydrogens is 390 g/mol. The van der Waals surface area contributed by atoms with Gasteiger partial charge in [-0.15, -0.1) is 0 Å². The third kappa shape index (κ3) is 6.89. The Kier molecular flexibility index (Phi) is 7.56. The van der Waals surface area contributed by atoms with Crippen LogP contribution >= 0.6 is 0 Å². The number of carbonyl (C=O) groups is 1. The molecule has 8 heteroatoms. The molecule has 1 aromatic carbocycles. The second kappa shape index (κ2) is 9.34. The van der Waals surface area contributed by atoms with E-state index in [0.29, 0.717) is 19.5 Å². The van der Waals surface area contributed by atoms with Gasteiger partial charge in [0.15, 0.2) is 16.6 Å². The average molecular weight is 426 g/mol. The molecule has 164 valence electrons. The van der Waals surface area contributed by atoms with Gasteiger partial charge in [-0.3, -0.25) is 0 Å². The molecule has 0 aromatic heterocycles. The van der Waals surface area contributed by atoms with Gasteiger partial charge < -0.3 is 19.9 Å². The van der Waals surface area contributed by atoms with Crippen molar-refractivity contribution >= 4 is 15.9 Å². The van der Waals surface area contributed by atoms with Crippen LogP contribution < -0.4 is 10.1 Å². The Morgan fingerprint density at radius 2 is 1.93 bits per heavy atom. The van der Waals surface area contributed by atoms with E-state index in [4.69, 9.17) is 4.74 Å². The third-order valence-corrected chi connectivity index (χ3v) is 6.84. The summed E-state index contributed by atoms with van der Waals surface area (Å²) in [4.78, 5) is 16.4. The first-order valence-corrected chi connectivity index (χ1v) is 11.8. The Bertz CT molecular complexity index is 816. The van der Waals surface area contributed by atoms with Crippen LogP contribution in [-0.2, 0) is 15.3 Å². The molecular formula is C21H35N3O4S. The maximum absolute atomic E-state index is 12.8. The van der Waals surface area contributed by atoms with Gasteiger partial charge in [0.25, 0.3) is 0 Å². The molecule has 0 radical (unpaired) electrons. The molecule has 7 nitrogen and oxygen atoms in total.